The first kappa shape index (κ1) is 18.7. The van der Waals surface area contributed by atoms with Gasteiger partial charge in [-0.1, -0.05) is 26.2 Å². The predicted octanol–water partition coefficient (Wildman–Crippen LogP) is 2.25. The third kappa shape index (κ3) is 6.59. The molecule has 0 radical (unpaired) electrons. The molecule has 2 atom stereocenters. The summed E-state index contributed by atoms with van der Waals surface area (Å²) in [5, 5.41) is 3.18. The van der Waals surface area contributed by atoms with Gasteiger partial charge in [-0.15, -0.1) is 12.4 Å². The lowest BCUT2D eigenvalue weighted by molar-refractivity contribution is -0.124. The number of nitrogens with one attached hydrogen (secondary N) is 1. The smallest absolute Gasteiger partial charge is 0.222 e. The van der Waals surface area contributed by atoms with Gasteiger partial charge in [0.25, 0.3) is 0 Å². The maximum atomic E-state index is 11.9. The first-order chi connectivity index (χ1) is 8.71. The van der Waals surface area contributed by atoms with E-state index in [4.69, 9.17) is 10.5 Å². The van der Waals surface area contributed by atoms with Crippen molar-refractivity contribution in [3.63, 3.8) is 0 Å². The lowest BCUT2D eigenvalue weighted by Gasteiger charge is -2.34. The molecule has 1 rings (SSSR count). The molecular weight excluding hydrogens is 264 g/mol. The van der Waals surface area contributed by atoms with Gasteiger partial charge in [-0.2, -0.15) is 0 Å². The summed E-state index contributed by atoms with van der Waals surface area (Å²) in [7, 11) is 1.60. The number of methoxy groups -OCH3 is 1. The molecule has 0 saturated heterocycles. The Kier molecular flexibility index (Phi) is 10.3. The number of halogens is 1. The van der Waals surface area contributed by atoms with Crippen LogP contribution in [0, 0.1) is 5.92 Å². The van der Waals surface area contributed by atoms with Crippen molar-refractivity contribution in [1.29, 1.82) is 0 Å². The summed E-state index contributed by atoms with van der Waals surface area (Å²) in [5.74, 6) is 0.777. The van der Waals surface area contributed by atoms with Crippen LogP contribution in [0.2, 0.25) is 0 Å². The Morgan fingerprint density at radius 1 is 1.47 bits per heavy atom. The Hall–Kier alpha value is -0.320. The maximum absolute atomic E-state index is 11.9. The Labute approximate surface area is 123 Å². The lowest BCUT2D eigenvalue weighted by Crippen LogP contribution is -2.44. The number of carbonyl (C=O) groups excluding carboxylic acids is 1. The van der Waals surface area contributed by atoms with E-state index in [2.05, 4.69) is 12.2 Å². The molecule has 0 spiro atoms. The van der Waals surface area contributed by atoms with Crippen LogP contribution in [0.15, 0.2) is 0 Å². The fourth-order valence-electron chi connectivity index (χ4n) is 2.43. The number of amides is 1. The van der Waals surface area contributed by atoms with E-state index in [1.54, 1.807) is 7.11 Å². The van der Waals surface area contributed by atoms with Gasteiger partial charge in [0.2, 0.25) is 5.91 Å². The molecule has 4 nitrogen and oxygen atoms in total. The van der Waals surface area contributed by atoms with Crippen LogP contribution < -0.4 is 11.1 Å². The van der Waals surface area contributed by atoms with E-state index >= 15 is 0 Å². The monoisotopic (exact) mass is 292 g/mol. The highest BCUT2D eigenvalue weighted by atomic mass is 35.5. The van der Waals surface area contributed by atoms with Gasteiger partial charge in [0.1, 0.15) is 0 Å². The predicted molar refractivity (Wildman–Crippen MR) is 80.5 cm³/mol. The highest BCUT2D eigenvalue weighted by Crippen LogP contribution is 2.31. The van der Waals surface area contributed by atoms with E-state index in [9.17, 15) is 4.79 Å². The third-order valence-electron chi connectivity index (χ3n) is 3.94. The zero-order chi connectivity index (χ0) is 13.4. The first-order valence-electron chi connectivity index (χ1n) is 7.23. The number of unbranched alkanes of at least 4 members (excludes halogenated alkanes) is 1. The Morgan fingerprint density at radius 3 is 2.58 bits per heavy atom. The number of carbonyl (C=O) groups is 1. The molecule has 1 aliphatic rings. The summed E-state index contributed by atoms with van der Waals surface area (Å²) < 4.78 is 5.15. The number of rotatable bonds is 9. The topological polar surface area (TPSA) is 64.4 Å². The van der Waals surface area contributed by atoms with Gasteiger partial charge in [0, 0.05) is 19.7 Å². The quantitative estimate of drug-likeness (QED) is 0.685. The molecule has 0 heterocycles. The minimum absolute atomic E-state index is 0. The Morgan fingerprint density at radius 2 is 2.16 bits per heavy atom. The average Bonchev–Trinajstić information content (AvgIpc) is 2.30. The highest BCUT2D eigenvalue weighted by Gasteiger charge is 2.28. The molecule has 1 amide bonds. The summed E-state index contributed by atoms with van der Waals surface area (Å²) in [6, 6.07) is 0.362. The molecule has 2 unspecified atom stereocenters. The van der Waals surface area contributed by atoms with Crippen molar-refractivity contribution in [3.05, 3.63) is 0 Å². The standard InChI is InChI=1S/C14H28N2O2.ClH/c1-3-4-8-13(11-6-5-7-11)16-14(17)9-12(10-15)18-2;/h11-13H,3-10,15H2,1-2H3,(H,16,17);1H. The van der Waals surface area contributed by atoms with Crippen LogP contribution in [0.25, 0.3) is 0 Å². The van der Waals surface area contributed by atoms with Gasteiger partial charge >= 0.3 is 0 Å². The molecule has 0 aliphatic heterocycles. The number of nitrogens with two attached hydrogens (primary N) is 1. The van der Waals surface area contributed by atoms with E-state index in [1.165, 1.54) is 32.1 Å². The van der Waals surface area contributed by atoms with Crippen molar-refractivity contribution in [2.75, 3.05) is 13.7 Å². The van der Waals surface area contributed by atoms with Crippen LogP contribution in [0.5, 0.6) is 0 Å². The zero-order valence-corrected chi connectivity index (χ0v) is 13.0. The van der Waals surface area contributed by atoms with Gasteiger partial charge < -0.3 is 15.8 Å². The molecule has 3 N–H and O–H groups in total. The summed E-state index contributed by atoms with van der Waals surface area (Å²) in [6.45, 7) is 2.59. The summed E-state index contributed by atoms with van der Waals surface area (Å²) in [6.07, 6.45) is 7.54. The van der Waals surface area contributed by atoms with Gasteiger partial charge in [-0.25, -0.2) is 0 Å². The lowest BCUT2D eigenvalue weighted by atomic mass is 9.78. The largest absolute Gasteiger partial charge is 0.380 e. The van der Waals surface area contributed by atoms with Crippen molar-refractivity contribution < 1.29 is 9.53 Å². The van der Waals surface area contributed by atoms with Crippen molar-refractivity contribution in [1.82, 2.24) is 5.32 Å². The molecule has 19 heavy (non-hydrogen) atoms. The van der Waals surface area contributed by atoms with Crippen LogP contribution in [0.4, 0.5) is 0 Å². The van der Waals surface area contributed by atoms with Gasteiger partial charge in [0.15, 0.2) is 0 Å². The fourth-order valence-corrected chi connectivity index (χ4v) is 2.43. The van der Waals surface area contributed by atoms with Crippen molar-refractivity contribution >= 4 is 18.3 Å². The number of ether oxygens (including phenoxy) is 1. The molecule has 0 aromatic carbocycles. The summed E-state index contributed by atoms with van der Waals surface area (Å²) >= 11 is 0. The second kappa shape index (κ2) is 10.5. The zero-order valence-electron chi connectivity index (χ0n) is 12.2. The van der Waals surface area contributed by atoms with Gasteiger partial charge in [-0.05, 0) is 25.2 Å². The van der Waals surface area contributed by atoms with E-state index in [0.29, 0.717) is 24.9 Å². The fraction of sp³-hybridized carbons (Fsp3) is 0.929. The molecule has 114 valence electrons. The van der Waals surface area contributed by atoms with E-state index in [0.717, 1.165) is 6.42 Å². The summed E-state index contributed by atoms with van der Waals surface area (Å²) in [5.41, 5.74) is 5.53. The molecule has 0 aromatic rings. The SMILES string of the molecule is CCCCC(NC(=O)CC(CN)OC)C1CCC1.Cl. The molecule has 1 saturated carbocycles. The van der Waals surface area contributed by atoms with E-state index in [1.807, 2.05) is 0 Å². The molecule has 1 aliphatic carbocycles. The third-order valence-corrected chi connectivity index (χ3v) is 3.94. The van der Waals surface area contributed by atoms with Crippen LogP contribution in [-0.4, -0.2) is 31.7 Å². The second-order valence-corrected chi connectivity index (χ2v) is 5.30. The van der Waals surface area contributed by atoms with Crippen LogP contribution >= 0.6 is 12.4 Å². The minimum Gasteiger partial charge on any atom is -0.380 e. The first-order valence-corrected chi connectivity index (χ1v) is 7.23. The number of hydrogen-bond acceptors (Lipinski definition) is 3. The second-order valence-electron chi connectivity index (χ2n) is 5.30. The van der Waals surface area contributed by atoms with E-state index < -0.39 is 0 Å². The average molecular weight is 293 g/mol. The molecule has 1 fully saturated rings. The molecule has 0 bridgehead atoms. The van der Waals surface area contributed by atoms with Crippen molar-refractivity contribution in [2.24, 2.45) is 11.7 Å². The Balaban J connectivity index is 0.00000324. The van der Waals surface area contributed by atoms with Crippen LogP contribution in [-0.2, 0) is 9.53 Å². The number of hydrogen-bond donors (Lipinski definition) is 2. The maximum Gasteiger partial charge on any atom is 0.222 e. The molecule has 5 heteroatoms. The van der Waals surface area contributed by atoms with Crippen molar-refractivity contribution in [3.8, 4) is 0 Å². The van der Waals surface area contributed by atoms with Gasteiger partial charge in [0.05, 0.1) is 12.5 Å². The van der Waals surface area contributed by atoms with Crippen molar-refractivity contribution in [2.45, 2.75) is 64.0 Å². The van der Waals surface area contributed by atoms with E-state index in [-0.39, 0.29) is 24.4 Å². The molecular formula is C14H29ClN2O2. The Bertz CT molecular complexity index is 244. The van der Waals surface area contributed by atoms with Crippen LogP contribution in [0.1, 0.15) is 51.9 Å². The minimum atomic E-state index is -0.154. The van der Waals surface area contributed by atoms with Crippen LogP contribution in [0.3, 0.4) is 0 Å². The van der Waals surface area contributed by atoms with Gasteiger partial charge in [-0.3, -0.25) is 4.79 Å². The summed E-state index contributed by atoms with van der Waals surface area (Å²) in [4.78, 5) is 11.9. The molecule has 0 aromatic heterocycles. The normalized spacial score (nSPS) is 18.1. The highest BCUT2D eigenvalue weighted by molar-refractivity contribution is 5.85.